The quantitative estimate of drug-likeness (QED) is 0.585. The van der Waals surface area contributed by atoms with Crippen molar-refractivity contribution in [3.05, 3.63) is 30.3 Å². The SMILES string of the molecule is Nc1nc(N)c2nc(-c3ccccc3)nc(N)c2n1. The number of anilines is 3. The average Bonchev–Trinajstić information content (AvgIpc) is 2.41. The zero-order chi connectivity index (χ0) is 13.4. The molecule has 2 heterocycles. The van der Waals surface area contributed by atoms with Crippen molar-refractivity contribution in [2.24, 2.45) is 0 Å². The first-order valence-corrected chi connectivity index (χ1v) is 5.57. The van der Waals surface area contributed by atoms with Crippen LogP contribution in [0.2, 0.25) is 0 Å². The molecule has 0 fully saturated rings. The van der Waals surface area contributed by atoms with Gasteiger partial charge in [0.05, 0.1) is 0 Å². The van der Waals surface area contributed by atoms with Crippen LogP contribution in [-0.2, 0) is 0 Å². The van der Waals surface area contributed by atoms with Crippen LogP contribution in [0, 0.1) is 0 Å². The second-order valence-electron chi connectivity index (χ2n) is 3.96. The maximum Gasteiger partial charge on any atom is 0.222 e. The van der Waals surface area contributed by atoms with Gasteiger partial charge in [0.25, 0.3) is 0 Å². The van der Waals surface area contributed by atoms with E-state index >= 15 is 0 Å². The molecular weight excluding hydrogens is 242 g/mol. The first-order chi connectivity index (χ1) is 9.15. The maximum absolute atomic E-state index is 5.88. The van der Waals surface area contributed by atoms with E-state index in [1.165, 1.54) is 0 Å². The third-order valence-electron chi connectivity index (χ3n) is 2.65. The van der Waals surface area contributed by atoms with E-state index in [4.69, 9.17) is 17.2 Å². The van der Waals surface area contributed by atoms with Gasteiger partial charge in [0.2, 0.25) is 5.95 Å². The zero-order valence-corrected chi connectivity index (χ0v) is 9.91. The molecule has 7 nitrogen and oxygen atoms in total. The van der Waals surface area contributed by atoms with E-state index < -0.39 is 0 Å². The van der Waals surface area contributed by atoms with Gasteiger partial charge in [-0.25, -0.2) is 15.0 Å². The monoisotopic (exact) mass is 253 g/mol. The molecule has 0 aliphatic heterocycles. The summed E-state index contributed by atoms with van der Waals surface area (Å²) in [4.78, 5) is 16.5. The number of nitrogens with two attached hydrogens (primary N) is 3. The smallest absolute Gasteiger partial charge is 0.222 e. The van der Waals surface area contributed by atoms with Gasteiger partial charge in [-0.05, 0) is 0 Å². The molecule has 2 aromatic heterocycles. The lowest BCUT2D eigenvalue weighted by atomic mass is 10.2. The van der Waals surface area contributed by atoms with Crippen LogP contribution < -0.4 is 17.2 Å². The van der Waals surface area contributed by atoms with Gasteiger partial charge in [-0.15, -0.1) is 0 Å². The van der Waals surface area contributed by atoms with Crippen molar-refractivity contribution < 1.29 is 0 Å². The molecule has 0 spiro atoms. The summed E-state index contributed by atoms with van der Waals surface area (Å²) >= 11 is 0. The van der Waals surface area contributed by atoms with Crippen molar-refractivity contribution in [2.75, 3.05) is 17.2 Å². The molecule has 0 unspecified atom stereocenters. The van der Waals surface area contributed by atoms with E-state index in [2.05, 4.69) is 19.9 Å². The van der Waals surface area contributed by atoms with Crippen molar-refractivity contribution >= 4 is 28.6 Å². The molecule has 0 atom stereocenters. The number of nitrogens with zero attached hydrogens (tertiary/aromatic N) is 4. The Balaban J connectivity index is 2.31. The minimum atomic E-state index is 0.0489. The van der Waals surface area contributed by atoms with Crippen LogP contribution in [0.1, 0.15) is 0 Å². The highest BCUT2D eigenvalue weighted by atomic mass is 15.1. The predicted molar refractivity (Wildman–Crippen MR) is 73.8 cm³/mol. The molecule has 19 heavy (non-hydrogen) atoms. The summed E-state index contributed by atoms with van der Waals surface area (Å²) in [6.45, 7) is 0. The van der Waals surface area contributed by atoms with Crippen LogP contribution in [-0.4, -0.2) is 19.9 Å². The predicted octanol–water partition coefficient (Wildman–Crippen LogP) is 0.833. The fraction of sp³-hybridized carbons (Fsp3) is 0. The van der Waals surface area contributed by atoms with Gasteiger partial charge in [-0.2, -0.15) is 4.98 Å². The summed E-state index contributed by atoms with van der Waals surface area (Å²) in [6, 6.07) is 9.46. The number of rotatable bonds is 1. The van der Waals surface area contributed by atoms with Gasteiger partial charge in [-0.1, -0.05) is 30.3 Å². The fourth-order valence-corrected chi connectivity index (χ4v) is 1.79. The molecular formula is C12H11N7. The minimum absolute atomic E-state index is 0.0489. The van der Waals surface area contributed by atoms with E-state index in [1.54, 1.807) is 0 Å². The molecule has 0 saturated heterocycles. The van der Waals surface area contributed by atoms with Crippen molar-refractivity contribution in [3.63, 3.8) is 0 Å². The normalized spacial score (nSPS) is 10.7. The summed E-state index contributed by atoms with van der Waals surface area (Å²) in [6.07, 6.45) is 0. The third-order valence-corrected chi connectivity index (χ3v) is 2.65. The van der Waals surface area contributed by atoms with E-state index in [-0.39, 0.29) is 17.6 Å². The summed E-state index contributed by atoms with van der Waals surface area (Å²) in [5.41, 5.74) is 18.8. The van der Waals surface area contributed by atoms with Crippen LogP contribution in [0.5, 0.6) is 0 Å². The molecule has 3 aromatic rings. The highest BCUT2D eigenvalue weighted by molar-refractivity contribution is 5.92. The molecule has 1 aromatic carbocycles. The second kappa shape index (κ2) is 4.05. The first kappa shape index (κ1) is 11.1. The van der Waals surface area contributed by atoms with Crippen molar-refractivity contribution in [2.45, 2.75) is 0 Å². The topological polar surface area (TPSA) is 130 Å². The molecule has 7 heteroatoms. The highest BCUT2D eigenvalue weighted by Gasteiger charge is 2.12. The van der Waals surface area contributed by atoms with E-state index in [0.29, 0.717) is 16.9 Å². The van der Waals surface area contributed by atoms with Crippen LogP contribution in [0.25, 0.3) is 22.4 Å². The Morgan fingerprint density at radius 2 is 1.32 bits per heavy atom. The van der Waals surface area contributed by atoms with Crippen molar-refractivity contribution in [1.29, 1.82) is 0 Å². The van der Waals surface area contributed by atoms with E-state index in [0.717, 1.165) is 5.56 Å². The number of fused-ring (bicyclic) bond motifs is 1. The number of hydrogen-bond donors (Lipinski definition) is 3. The third kappa shape index (κ3) is 1.86. The van der Waals surface area contributed by atoms with Crippen LogP contribution in [0.15, 0.2) is 30.3 Å². The van der Waals surface area contributed by atoms with Gasteiger partial charge in [-0.3, -0.25) is 0 Å². The molecule has 94 valence electrons. The van der Waals surface area contributed by atoms with Gasteiger partial charge < -0.3 is 17.2 Å². The molecule has 0 amide bonds. The standard InChI is InChI=1S/C12H11N7/c13-9-8-7(10(14)19-12(15)17-8)16-11(18-9)6-4-2-1-3-5-6/h1-5H,(H2,13,16,18)(H4,14,15,17,19). The number of benzene rings is 1. The van der Waals surface area contributed by atoms with E-state index in [1.807, 2.05) is 30.3 Å². The molecule has 0 saturated carbocycles. The Morgan fingerprint density at radius 3 is 2.05 bits per heavy atom. The first-order valence-electron chi connectivity index (χ1n) is 5.57. The Bertz CT molecular complexity index is 755. The molecule has 0 aliphatic carbocycles. The molecule has 0 radical (unpaired) electrons. The summed E-state index contributed by atoms with van der Waals surface area (Å²) in [5, 5.41) is 0. The molecule has 6 N–H and O–H groups in total. The van der Waals surface area contributed by atoms with Gasteiger partial charge >= 0.3 is 0 Å². The number of aromatic nitrogens is 4. The average molecular weight is 253 g/mol. The van der Waals surface area contributed by atoms with Gasteiger partial charge in [0, 0.05) is 5.56 Å². The maximum atomic E-state index is 5.88. The van der Waals surface area contributed by atoms with Crippen LogP contribution >= 0.6 is 0 Å². The summed E-state index contributed by atoms with van der Waals surface area (Å²) in [7, 11) is 0. The molecule has 3 rings (SSSR count). The largest absolute Gasteiger partial charge is 0.382 e. The lowest BCUT2D eigenvalue weighted by Crippen LogP contribution is -2.06. The lowest BCUT2D eigenvalue weighted by Gasteiger charge is -2.06. The van der Waals surface area contributed by atoms with E-state index in [9.17, 15) is 0 Å². The molecule has 0 bridgehead atoms. The fourth-order valence-electron chi connectivity index (χ4n) is 1.79. The Labute approximate surface area is 108 Å². The minimum Gasteiger partial charge on any atom is -0.382 e. The Hall–Kier alpha value is -2.96. The van der Waals surface area contributed by atoms with Gasteiger partial charge in [0.15, 0.2) is 17.5 Å². The summed E-state index contributed by atoms with van der Waals surface area (Å²) < 4.78 is 0. The summed E-state index contributed by atoms with van der Waals surface area (Å²) in [5.74, 6) is 0.942. The van der Waals surface area contributed by atoms with Crippen molar-refractivity contribution in [3.8, 4) is 11.4 Å². The van der Waals surface area contributed by atoms with Crippen molar-refractivity contribution in [1.82, 2.24) is 19.9 Å². The van der Waals surface area contributed by atoms with Gasteiger partial charge in [0.1, 0.15) is 11.0 Å². The Kier molecular flexibility index (Phi) is 2.38. The lowest BCUT2D eigenvalue weighted by molar-refractivity contribution is 1.17. The Morgan fingerprint density at radius 1 is 0.684 bits per heavy atom. The highest BCUT2D eigenvalue weighted by Crippen LogP contribution is 2.24. The second-order valence-corrected chi connectivity index (χ2v) is 3.96. The van der Waals surface area contributed by atoms with Crippen LogP contribution in [0.4, 0.5) is 17.6 Å². The molecule has 0 aliphatic rings. The van der Waals surface area contributed by atoms with Crippen LogP contribution in [0.3, 0.4) is 0 Å². The number of nitrogen functional groups attached to an aromatic ring is 3. The zero-order valence-electron chi connectivity index (χ0n) is 9.91. The number of hydrogen-bond acceptors (Lipinski definition) is 7.